The highest BCUT2D eigenvalue weighted by molar-refractivity contribution is 6.34. The van der Waals surface area contributed by atoms with Crippen molar-refractivity contribution in [1.82, 2.24) is 10.5 Å². The molecular formula is C6H5N3O3. The zero-order valence-electron chi connectivity index (χ0n) is 5.93. The Morgan fingerprint density at radius 3 is 2.58 bits per heavy atom. The van der Waals surface area contributed by atoms with Gasteiger partial charge < -0.3 is 0 Å². The van der Waals surface area contributed by atoms with E-state index in [4.69, 9.17) is 0 Å². The van der Waals surface area contributed by atoms with Crippen molar-refractivity contribution >= 4 is 24.7 Å². The van der Waals surface area contributed by atoms with Crippen molar-refractivity contribution in [1.29, 1.82) is 0 Å². The van der Waals surface area contributed by atoms with Crippen LogP contribution < -0.4 is 5.43 Å². The van der Waals surface area contributed by atoms with Crippen molar-refractivity contribution in [3.63, 3.8) is 0 Å². The number of nitrogens with zero attached hydrogens (tertiary/aromatic N) is 2. The molecule has 1 N–H and O–H groups in total. The molecular weight excluding hydrogens is 162 g/mol. The number of amides is 1. The molecule has 0 saturated heterocycles. The van der Waals surface area contributed by atoms with Crippen molar-refractivity contribution < 1.29 is 14.4 Å². The van der Waals surface area contributed by atoms with Crippen LogP contribution in [0.25, 0.3) is 0 Å². The quantitative estimate of drug-likeness (QED) is 0.524. The van der Waals surface area contributed by atoms with Crippen LogP contribution in [0.2, 0.25) is 0 Å². The number of hydrogen-bond acceptors (Lipinski definition) is 5. The van der Waals surface area contributed by atoms with Gasteiger partial charge in [0.15, 0.2) is 12.6 Å². The fourth-order valence-electron chi connectivity index (χ4n) is 0.670. The number of allylic oxidation sites excluding steroid dienone is 2. The predicted octanol–water partition coefficient (Wildman–Crippen LogP) is -1.40. The van der Waals surface area contributed by atoms with Gasteiger partial charge in [-0.25, -0.2) is 0 Å². The molecule has 6 nitrogen and oxygen atoms in total. The van der Waals surface area contributed by atoms with Crippen molar-refractivity contribution in [3.8, 4) is 0 Å². The van der Waals surface area contributed by atoms with Gasteiger partial charge in [-0.3, -0.25) is 19.8 Å². The summed E-state index contributed by atoms with van der Waals surface area (Å²) in [7, 11) is 0. The van der Waals surface area contributed by atoms with Gasteiger partial charge in [-0.15, -0.1) is 10.2 Å². The summed E-state index contributed by atoms with van der Waals surface area (Å²) in [5.41, 5.74) is 2.46. The lowest BCUT2D eigenvalue weighted by molar-refractivity contribution is -0.120. The standard InChI is InChI=1S/C6H5N3O3/c10-2-5-1-6(3-11)8-9(4-12)7-5/h1-4,7H. The Morgan fingerprint density at radius 1 is 1.33 bits per heavy atom. The van der Waals surface area contributed by atoms with Crippen LogP contribution >= 0.6 is 0 Å². The maximum atomic E-state index is 10.2. The van der Waals surface area contributed by atoms with Crippen LogP contribution in [0.5, 0.6) is 0 Å². The molecule has 1 rings (SSSR count). The molecule has 62 valence electrons. The molecule has 0 aromatic rings. The molecule has 0 bridgehead atoms. The summed E-state index contributed by atoms with van der Waals surface area (Å²) in [6.07, 6.45) is 2.51. The molecule has 0 unspecified atom stereocenters. The maximum Gasteiger partial charge on any atom is 0.250 e. The average molecular weight is 167 g/mol. The summed E-state index contributed by atoms with van der Waals surface area (Å²) in [6.45, 7) is 0. The van der Waals surface area contributed by atoms with E-state index in [1.807, 2.05) is 0 Å². The van der Waals surface area contributed by atoms with E-state index in [1.165, 1.54) is 6.08 Å². The molecule has 1 aliphatic rings. The minimum atomic E-state index is 0.0166. The number of aldehydes is 2. The Morgan fingerprint density at radius 2 is 2.08 bits per heavy atom. The summed E-state index contributed by atoms with van der Waals surface area (Å²) in [5, 5.41) is 4.23. The Hall–Kier alpha value is -1.98. The highest BCUT2D eigenvalue weighted by Crippen LogP contribution is 1.96. The highest BCUT2D eigenvalue weighted by atomic mass is 16.2. The van der Waals surface area contributed by atoms with E-state index in [0.717, 1.165) is 5.12 Å². The molecule has 6 heteroatoms. The van der Waals surface area contributed by atoms with E-state index < -0.39 is 0 Å². The zero-order chi connectivity index (χ0) is 8.97. The van der Waals surface area contributed by atoms with Crippen LogP contribution in [-0.2, 0) is 14.4 Å². The van der Waals surface area contributed by atoms with Gasteiger partial charge >= 0.3 is 0 Å². The monoisotopic (exact) mass is 167 g/mol. The summed E-state index contributed by atoms with van der Waals surface area (Å²) in [6, 6.07) is 0. The molecule has 0 spiro atoms. The molecule has 0 aromatic heterocycles. The molecule has 0 atom stereocenters. The van der Waals surface area contributed by atoms with E-state index in [2.05, 4.69) is 10.5 Å². The van der Waals surface area contributed by atoms with Gasteiger partial charge in [0.1, 0.15) is 5.71 Å². The minimum absolute atomic E-state index is 0.0166. The fourth-order valence-corrected chi connectivity index (χ4v) is 0.670. The Labute approximate surface area is 67.5 Å². The molecule has 1 heterocycles. The number of hydrogen-bond donors (Lipinski definition) is 1. The third kappa shape index (κ3) is 1.54. The van der Waals surface area contributed by atoms with Gasteiger partial charge in [-0.05, 0) is 6.08 Å². The summed E-state index contributed by atoms with van der Waals surface area (Å²) < 4.78 is 0. The van der Waals surface area contributed by atoms with E-state index in [9.17, 15) is 14.4 Å². The van der Waals surface area contributed by atoms with Crippen molar-refractivity contribution in [2.24, 2.45) is 5.10 Å². The van der Waals surface area contributed by atoms with Crippen molar-refractivity contribution in [2.75, 3.05) is 0 Å². The molecule has 0 fully saturated rings. The molecule has 12 heavy (non-hydrogen) atoms. The van der Waals surface area contributed by atoms with Gasteiger partial charge in [0, 0.05) is 0 Å². The van der Waals surface area contributed by atoms with Gasteiger partial charge in [-0.2, -0.15) is 0 Å². The molecule has 0 saturated carbocycles. The number of carbonyl (C=O) groups excluding carboxylic acids is 3. The minimum Gasteiger partial charge on any atom is -0.296 e. The lowest BCUT2D eigenvalue weighted by Gasteiger charge is -2.17. The number of hydrazone groups is 1. The topological polar surface area (TPSA) is 78.8 Å². The summed E-state index contributed by atoms with van der Waals surface area (Å²) >= 11 is 0. The Balaban J connectivity index is 2.91. The van der Waals surface area contributed by atoms with Gasteiger partial charge in [0.25, 0.3) is 0 Å². The molecule has 1 amide bonds. The molecule has 0 aromatic carbocycles. The average Bonchev–Trinajstić information content (AvgIpc) is 2.16. The molecule has 0 aliphatic carbocycles. The second-order valence-electron chi connectivity index (χ2n) is 1.92. The second kappa shape index (κ2) is 3.42. The van der Waals surface area contributed by atoms with Crippen molar-refractivity contribution in [3.05, 3.63) is 11.8 Å². The second-order valence-corrected chi connectivity index (χ2v) is 1.92. The number of carbonyl (C=O) groups is 3. The van der Waals surface area contributed by atoms with Crippen LogP contribution in [0, 0.1) is 0 Å². The first-order chi connectivity index (χ1) is 5.80. The van der Waals surface area contributed by atoms with E-state index in [-0.39, 0.29) is 11.4 Å². The zero-order valence-corrected chi connectivity index (χ0v) is 5.93. The smallest absolute Gasteiger partial charge is 0.250 e. The van der Waals surface area contributed by atoms with Gasteiger partial charge in [-0.1, -0.05) is 0 Å². The van der Waals surface area contributed by atoms with Crippen LogP contribution in [0.15, 0.2) is 16.9 Å². The Bertz CT molecular complexity index is 282. The number of nitrogens with one attached hydrogen (secondary N) is 1. The maximum absolute atomic E-state index is 10.2. The number of hydrazine groups is 1. The van der Waals surface area contributed by atoms with E-state index in [1.54, 1.807) is 0 Å². The normalized spacial score (nSPS) is 15.5. The largest absolute Gasteiger partial charge is 0.296 e. The first-order valence-electron chi connectivity index (χ1n) is 3.02. The first-order valence-corrected chi connectivity index (χ1v) is 3.02. The van der Waals surface area contributed by atoms with Gasteiger partial charge in [0.05, 0.1) is 5.70 Å². The SMILES string of the molecule is O=CC1=CC(C=O)=NN(C=O)N1. The fraction of sp³-hybridized carbons (Fsp3) is 0. The van der Waals surface area contributed by atoms with Crippen LogP contribution in [0.4, 0.5) is 0 Å². The van der Waals surface area contributed by atoms with E-state index >= 15 is 0 Å². The number of rotatable bonds is 3. The third-order valence-electron chi connectivity index (χ3n) is 1.12. The molecule has 1 aliphatic heterocycles. The van der Waals surface area contributed by atoms with Crippen LogP contribution in [0.3, 0.4) is 0 Å². The Kier molecular flexibility index (Phi) is 2.32. The van der Waals surface area contributed by atoms with Crippen LogP contribution in [0.1, 0.15) is 0 Å². The summed E-state index contributed by atoms with van der Waals surface area (Å²) in [4.78, 5) is 30.6. The lowest BCUT2D eigenvalue weighted by atomic mass is 10.3. The lowest BCUT2D eigenvalue weighted by Crippen LogP contribution is -2.36. The first kappa shape index (κ1) is 8.12. The third-order valence-corrected chi connectivity index (χ3v) is 1.12. The van der Waals surface area contributed by atoms with E-state index in [0.29, 0.717) is 19.0 Å². The summed E-state index contributed by atoms with van der Waals surface area (Å²) in [5.74, 6) is 0. The van der Waals surface area contributed by atoms with Gasteiger partial charge in [0.2, 0.25) is 6.41 Å². The molecule has 0 radical (unpaired) electrons. The highest BCUT2D eigenvalue weighted by Gasteiger charge is 2.09. The van der Waals surface area contributed by atoms with Crippen LogP contribution in [-0.4, -0.2) is 29.8 Å². The predicted molar refractivity (Wildman–Crippen MR) is 38.7 cm³/mol. The van der Waals surface area contributed by atoms with Crippen molar-refractivity contribution in [2.45, 2.75) is 0 Å².